The molecule has 0 aliphatic heterocycles. The molecule has 0 aliphatic carbocycles. The van der Waals surface area contributed by atoms with Gasteiger partial charge in [-0.2, -0.15) is 0 Å². The Morgan fingerprint density at radius 2 is 1.84 bits per heavy atom. The molecule has 19 heavy (non-hydrogen) atoms. The van der Waals surface area contributed by atoms with E-state index in [0.717, 1.165) is 6.07 Å². The third-order valence-corrected chi connectivity index (χ3v) is 2.94. The van der Waals surface area contributed by atoms with E-state index >= 15 is 0 Å². The van der Waals surface area contributed by atoms with Gasteiger partial charge in [-0.3, -0.25) is 0 Å². The fourth-order valence-electron chi connectivity index (χ4n) is 1.69. The maximum atomic E-state index is 13.6. The molecule has 2 nitrogen and oxygen atoms in total. The molecule has 0 saturated carbocycles. The molecule has 2 aromatic carbocycles. The van der Waals surface area contributed by atoms with Crippen molar-refractivity contribution in [3.05, 3.63) is 64.7 Å². The normalized spacial score (nSPS) is 12.2. The first kappa shape index (κ1) is 13.8. The Balaban J connectivity index is 2.24. The van der Waals surface area contributed by atoms with Gasteiger partial charge < -0.3 is 10.5 Å². The highest BCUT2D eigenvalue weighted by molar-refractivity contribution is 6.30. The number of hydrogen-bond donors (Lipinski definition) is 1. The second kappa shape index (κ2) is 5.99. The molecule has 1 unspecified atom stereocenters. The van der Waals surface area contributed by atoms with Crippen molar-refractivity contribution in [2.75, 3.05) is 6.54 Å². The van der Waals surface area contributed by atoms with Gasteiger partial charge in [-0.05, 0) is 18.2 Å². The number of halogens is 3. The van der Waals surface area contributed by atoms with Gasteiger partial charge in [0, 0.05) is 18.2 Å². The smallest absolute Gasteiger partial charge is 0.145 e. The summed E-state index contributed by atoms with van der Waals surface area (Å²) in [4.78, 5) is 0. The van der Waals surface area contributed by atoms with Crippen LogP contribution in [0.4, 0.5) is 8.78 Å². The number of nitrogens with two attached hydrogens (primary N) is 1. The van der Waals surface area contributed by atoms with Crippen molar-refractivity contribution in [2.24, 2.45) is 5.73 Å². The lowest BCUT2D eigenvalue weighted by Gasteiger charge is -2.18. The summed E-state index contributed by atoms with van der Waals surface area (Å²) in [6.07, 6.45) is -0.679. The molecule has 2 aromatic rings. The van der Waals surface area contributed by atoms with Crippen molar-refractivity contribution in [2.45, 2.75) is 6.10 Å². The predicted octanol–water partition coefficient (Wildman–Crippen LogP) is 3.70. The van der Waals surface area contributed by atoms with Crippen LogP contribution in [0.25, 0.3) is 0 Å². The van der Waals surface area contributed by atoms with E-state index in [0.29, 0.717) is 5.56 Å². The highest BCUT2D eigenvalue weighted by atomic mass is 35.5. The second-order valence-corrected chi connectivity index (χ2v) is 4.35. The van der Waals surface area contributed by atoms with Crippen LogP contribution in [0, 0.1) is 11.6 Å². The van der Waals surface area contributed by atoms with Gasteiger partial charge in [0.1, 0.15) is 23.5 Å². The average molecular weight is 284 g/mol. The van der Waals surface area contributed by atoms with Crippen LogP contribution in [0.5, 0.6) is 5.75 Å². The average Bonchev–Trinajstić information content (AvgIpc) is 2.41. The van der Waals surface area contributed by atoms with Crippen molar-refractivity contribution in [1.82, 2.24) is 0 Å². The summed E-state index contributed by atoms with van der Waals surface area (Å²) in [6.45, 7) is 0.0746. The molecule has 2 rings (SSSR count). The van der Waals surface area contributed by atoms with E-state index in [1.807, 2.05) is 0 Å². The van der Waals surface area contributed by atoms with E-state index in [1.165, 1.54) is 18.2 Å². The molecule has 0 aromatic heterocycles. The summed E-state index contributed by atoms with van der Waals surface area (Å²) in [6, 6.07) is 10.2. The highest BCUT2D eigenvalue weighted by Crippen LogP contribution is 2.26. The lowest BCUT2D eigenvalue weighted by molar-refractivity contribution is 0.208. The van der Waals surface area contributed by atoms with Crippen molar-refractivity contribution < 1.29 is 13.5 Å². The van der Waals surface area contributed by atoms with Crippen LogP contribution in [0.15, 0.2) is 42.5 Å². The number of benzene rings is 2. The van der Waals surface area contributed by atoms with E-state index in [9.17, 15) is 8.78 Å². The topological polar surface area (TPSA) is 35.2 Å². The summed E-state index contributed by atoms with van der Waals surface area (Å²) >= 11 is 5.58. The van der Waals surface area contributed by atoms with E-state index in [1.54, 1.807) is 18.2 Å². The molecule has 0 aliphatic rings. The molecule has 0 heterocycles. The Bertz CT molecular complexity index is 577. The minimum absolute atomic E-state index is 0.00235. The van der Waals surface area contributed by atoms with Crippen LogP contribution in [-0.2, 0) is 0 Å². The van der Waals surface area contributed by atoms with Crippen LogP contribution in [0.1, 0.15) is 11.7 Å². The van der Waals surface area contributed by atoms with Gasteiger partial charge in [0.15, 0.2) is 0 Å². The van der Waals surface area contributed by atoms with Gasteiger partial charge in [0.2, 0.25) is 0 Å². The standard InChI is InChI=1S/C14H12ClF2NO/c15-11-6-5-9(7-13(11)17)19-14(8-18)10-3-1-2-4-12(10)16/h1-7,14H,8,18H2. The van der Waals surface area contributed by atoms with Gasteiger partial charge in [-0.25, -0.2) is 8.78 Å². The Labute approximate surface area is 114 Å². The van der Waals surface area contributed by atoms with Crippen molar-refractivity contribution in [3.8, 4) is 5.75 Å². The third kappa shape index (κ3) is 3.22. The molecular formula is C14H12ClF2NO. The monoisotopic (exact) mass is 283 g/mol. The molecule has 0 spiro atoms. The van der Waals surface area contributed by atoms with Crippen molar-refractivity contribution in [1.29, 1.82) is 0 Å². The minimum atomic E-state index is -0.679. The third-order valence-electron chi connectivity index (χ3n) is 2.64. The summed E-state index contributed by atoms with van der Waals surface area (Å²) in [7, 11) is 0. The molecule has 0 saturated heterocycles. The maximum absolute atomic E-state index is 13.6. The first-order chi connectivity index (χ1) is 9.11. The van der Waals surface area contributed by atoms with E-state index in [4.69, 9.17) is 22.1 Å². The van der Waals surface area contributed by atoms with Crippen molar-refractivity contribution in [3.63, 3.8) is 0 Å². The predicted molar refractivity (Wildman–Crippen MR) is 70.2 cm³/mol. The van der Waals surface area contributed by atoms with Crippen molar-refractivity contribution >= 4 is 11.6 Å². The molecule has 0 amide bonds. The number of ether oxygens (including phenoxy) is 1. The molecule has 0 radical (unpaired) electrons. The Kier molecular flexibility index (Phi) is 4.35. The van der Waals surface area contributed by atoms with Crippen LogP contribution >= 0.6 is 11.6 Å². The summed E-state index contributed by atoms with van der Waals surface area (Å²) in [5.41, 5.74) is 5.91. The van der Waals surface area contributed by atoms with E-state index in [-0.39, 0.29) is 17.3 Å². The SMILES string of the molecule is NCC(Oc1ccc(Cl)c(F)c1)c1ccccc1F. The zero-order chi connectivity index (χ0) is 13.8. The number of rotatable bonds is 4. The summed E-state index contributed by atoms with van der Waals surface area (Å²) in [5.74, 6) is -0.753. The quantitative estimate of drug-likeness (QED) is 0.929. The van der Waals surface area contributed by atoms with E-state index in [2.05, 4.69) is 0 Å². The summed E-state index contributed by atoms with van der Waals surface area (Å²) in [5, 5.41) is 0.00235. The van der Waals surface area contributed by atoms with Crippen LogP contribution < -0.4 is 10.5 Å². The zero-order valence-corrected chi connectivity index (χ0v) is 10.7. The Hall–Kier alpha value is -1.65. The molecule has 1 atom stereocenters. The van der Waals surface area contributed by atoms with Gasteiger partial charge in [-0.15, -0.1) is 0 Å². The fourth-order valence-corrected chi connectivity index (χ4v) is 1.81. The van der Waals surface area contributed by atoms with Gasteiger partial charge in [-0.1, -0.05) is 29.8 Å². The lowest BCUT2D eigenvalue weighted by atomic mass is 10.1. The molecular weight excluding hydrogens is 272 g/mol. The van der Waals surface area contributed by atoms with E-state index < -0.39 is 17.7 Å². The van der Waals surface area contributed by atoms with Crippen LogP contribution in [0.2, 0.25) is 5.02 Å². The molecule has 0 bridgehead atoms. The number of hydrogen-bond acceptors (Lipinski definition) is 2. The Morgan fingerprint density at radius 3 is 2.47 bits per heavy atom. The highest BCUT2D eigenvalue weighted by Gasteiger charge is 2.16. The van der Waals surface area contributed by atoms with Gasteiger partial charge in [0.25, 0.3) is 0 Å². The minimum Gasteiger partial charge on any atom is -0.484 e. The van der Waals surface area contributed by atoms with Crippen LogP contribution in [0.3, 0.4) is 0 Å². The first-order valence-electron chi connectivity index (χ1n) is 5.68. The molecule has 0 fully saturated rings. The fraction of sp³-hybridized carbons (Fsp3) is 0.143. The first-order valence-corrected chi connectivity index (χ1v) is 6.06. The lowest BCUT2D eigenvalue weighted by Crippen LogP contribution is -2.19. The summed E-state index contributed by atoms with van der Waals surface area (Å²) < 4.78 is 32.4. The maximum Gasteiger partial charge on any atom is 0.145 e. The molecule has 5 heteroatoms. The zero-order valence-electron chi connectivity index (χ0n) is 9.95. The van der Waals surface area contributed by atoms with Gasteiger partial charge in [0.05, 0.1) is 5.02 Å². The molecule has 100 valence electrons. The second-order valence-electron chi connectivity index (χ2n) is 3.94. The van der Waals surface area contributed by atoms with Gasteiger partial charge >= 0.3 is 0 Å². The van der Waals surface area contributed by atoms with Crippen LogP contribution in [-0.4, -0.2) is 6.54 Å². The molecule has 2 N–H and O–H groups in total. The Morgan fingerprint density at radius 1 is 1.11 bits per heavy atom. The largest absolute Gasteiger partial charge is 0.484 e.